The summed E-state index contributed by atoms with van der Waals surface area (Å²) in [6.45, 7) is -0.554. The molecule has 1 amide bonds. The molecule has 2 aromatic carbocycles. The maximum Gasteiger partial charge on any atom is 0.419 e. The molecule has 0 unspecified atom stereocenters. The fourth-order valence-corrected chi connectivity index (χ4v) is 2.14. The fraction of sp³-hybridized carbons (Fsp3) is 0.125. The van der Waals surface area contributed by atoms with E-state index in [0.29, 0.717) is 11.4 Å². The lowest BCUT2D eigenvalue weighted by Crippen LogP contribution is -2.21. The van der Waals surface area contributed by atoms with Gasteiger partial charge in [0.25, 0.3) is 5.91 Å². The number of hydrogen-bond donors (Lipinski definition) is 1. The number of carbonyl (C=O) groups excluding carboxylic acids is 1. The molecule has 134 valence electrons. The van der Waals surface area contributed by atoms with Crippen molar-refractivity contribution >= 4 is 11.6 Å². The molecule has 0 aliphatic rings. The Labute approximate surface area is 145 Å². The van der Waals surface area contributed by atoms with Gasteiger partial charge in [0, 0.05) is 5.69 Å². The van der Waals surface area contributed by atoms with Gasteiger partial charge in [0.15, 0.2) is 6.61 Å². The summed E-state index contributed by atoms with van der Waals surface area (Å²) in [5.41, 5.74) is 0.210. The average Bonchev–Trinajstić information content (AvgIpc) is 3.15. The molecule has 0 fully saturated rings. The van der Waals surface area contributed by atoms with Crippen LogP contribution in [0.25, 0.3) is 5.69 Å². The van der Waals surface area contributed by atoms with Crippen LogP contribution in [-0.4, -0.2) is 32.7 Å². The van der Waals surface area contributed by atoms with Gasteiger partial charge in [0.05, 0.1) is 11.3 Å². The summed E-state index contributed by atoms with van der Waals surface area (Å²) in [5, 5.41) is 13.3. The Hall–Kier alpha value is -3.43. The summed E-state index contributed by atoms with van der Waals surface area (Å²) in [4.78, 5) is 11.9. The van der Waals surface area contributed by atoms with Gasteiger partial charge < -0.3 is 10.1 Å². The van der Waals surface area contributed by atoms with Crippen LogP contribution in [-0.2, 0) is 11.0 Å². The number of benzene rings is 2. The molecule has 1 heterocycles. The van der Waals surface area contributed by atoms with Crippen molar-refractivity contribution in [3.05, 3.63) is 60.4 Å². The van der Waals surface area contributed by atoms with Crippen molar-refractivity contribution in [2.24, 2.45) is 0 Å². The molecule has 3 aromatic rings. The molecule has 0 aliphatic heterocycles. The van der Waals surface area contributed by atoms with Gasteiger partial charge in [-0.2, -0.15) is 13.2 Å². The topological polar surface area (TPSA) is 81.9 Å². The summed E-state index contributed by atoms with van der Waals surface area (Å²) in [7, 11) is 0. The fourth-order valence-electron chi connectivity index (χ4n) is 2.14. The first-order valence-corrected chi connectivity index (χ1v) is 7.36. The number of alkyl halides is 3. The average molecular weight is 363 g/mol. The predicted octanol–water partition coefficient (Wildman–Crippen LogP) is 2.70. The maximum absolute atomic E-state index is 12.9. The lowest BCUT2D eigenvalue weighted by molar-refractivity contribution is -0.139. The molecule has 3 rings (SSSR count). The minimum Gasteiger partial charge on any atom is -0.483 e. The number of tetrazole rings is 1. The highest BCUT2D eigenvalue weighted by Crippen LogP contribution is 2.35. The van der Waals surface area contributed by atoms with Crippen molar-refractivity contribution in [1.82, 2.24) is 20.2 Å². The van der Waals surface area contributed by atoms with Gasteiger partial charge in [-0.1, -0.05) is 12.1 Å². The lowest BCUT2D eigenvalue weighted by Gasteiger charge is -2.13. The summed E-state index contributed by atoms with van der Waals surface area (Å²) in [6, 6.07) is 11.3. The van der Waals surface area contributed by atoms with Crippen molar-refractivity contribution in [1.29, 1.82) is 0 Å². The Kier molecular flexibility index (Phi) is 4.83. The Morgan fingerprint density at radius 2 is 1.85 bits per heavy atom. The Morgan fingerprint density at radius 3 is 2.50 bits per heavy atom. The molecule has 10 heteroatoms. The van der Waals surface area contributed by atoms with Gasteiger partial charge in [-0.3, -0.25) is 4.79 Å². The van der Waals surface area contributed by atoms with Crippen molar-refractivity contribution < 1.29 is 22.7 Å². The van der Waals surface area contributed by atoms with Gasteiger partial charge in [-0.25, -0.2) is 4.68 Å². The minimum absolute atomic E-state index is 0.399. The zero-order chi connectivity index (χ0) is 18.6. The Bertz CT molecular complexity index is 880. The zero-order valence-electron chi connectivity index (χ0n) is 13.1. The number of aromatic nitrogens is 4. The predicted molar refractivity (Wildman–Crippen MR) is 84.7 cm³/mol. The van der Waals surface area contributed by atoms with E-state index in [-0.39, 0.29) is 0 Å². The van der Waals surface area contributed by atoms with Gasteiger partial charge >= 0.3 is 6.18 Å². The van der Waals surface area contributed by atoms with Crippen molar-refractivity contribution in [2.75, 3.05) is 11.9 Å². The number of para-hydroxylation sites is 1. The molecule has 7 nitrogen and oxygen atoms in total. The van der Waals surface area contributed by atoms with Crippen molar-refractivity contribution in [3.8, 4) is 11.4 Å². The molecular formula is C16H12F3N5O2. The number of hydrogen-bond acceptors (Lipinski definition) is 5. The van der Waals surface area contributed by atoms with E-state index in [1.54, 1.807) is 24.3 Å². The van der Waals surface area contributed by atoms with E-state index < -0.39 is 30.0 Å². The second kappa shape index (κ2) is 7.21. The van der Waals surface area contributed by atoms with E-state index >= 15 is 0 Å². The molecule has 26 heavy (non-hydrogen) atoms. The number of nitrogens with one attached hydrogen (secondary N) is 1. The quantitative estimate of drug-likeness (QED) is 0.754. The van der Waals surface area contributed by atoms with Crippen LogP contribution in [0.15, 0.2) is 54.9 Å². The number of amides is 1. The molecule has 0 aliphatic carbocycles. The molecule has 0 spiro atoms. The van der Waals surface area contributed by atoms with Crippen LogP contribution >= 0.6 is 0 Å². The van der Waals surface area contributed by atoms with Gasteiger partial charge in [0.2, 0.25) is 0 Å². The highest BCUT2D eigenvalue weighted by molar-refractivity contribution is 5.91. The van der Waals surface area contributed by atoms with E-state index in [2.05, 4.69) is 20.8 Å². The molecule has 0 radical (unpaired) electrons. The molecule has 0 saturated heterocycles. The summed E-state index contributed by atoms with van der Waals surface area (Å²) < 4.78 is 45.1. The normalized spacial score (nSPS) is 11.2. The minimum atomic E-state index is -4.56. The van der Waals surface area contributed by atoms with Crippen LogP contribution in [0.5, 0.6) is 5.75 Å². The third-order valence-corrected chi connectivity index (χ3v) is 3.32. The molecule has 1 N–H and O–H groups in total. The standard InChI is InChI=1S/C16H12F3N5O2/c17-16(18,19)13-3-1-2-4-14(13)26-9-15(25)21-11-5-7-12(8-6-11)24-10-20-22-23-24/h1-8,10H,9H2,(H,21,25). The van der Waals surface area contributed by atoms with Crippen LogP contribution < -0.4 is 10.1 Å². The first-order valence-electron chi connectivity index (χ1n) is 7.36. The third-order valence-electron chi connectivity index (χ3n) is 3.32. The Morgan fingerprint density at radius 1 is 1.12 bits per heavy atom. The van der Waals surface area contributed by atoms with Gasteiger partial charge in [0.1, 0.15) is 12.1 Å². The van der Waals surface area contributed by atoms with E-state index in [1.807, 2.05) is 0 Å². The molecular weight excluding hydrogens is 351 g/mol. The highest BCUT2D eigenvalue weighted by Gasteiger charge is 2.34. The lowest BCUT2D eigenvalue weighted by atomic mass is 10.2. The van der Waals surface area contributed by atoms with Crippen molar-refractivity contribution in [2.45, 2.75) is 6.18 Å². The number of ether oxygens (including phenoxy) is 1. The van der Waals surface area contributed by atoms with Crippen LogP contribution in [0.4, 0.5) is 18.9 Å². The number of nitrogens with zero attached hydrogens (tertiary/aromatic N) is 4. The van der Waals surface area contributed by atoms with E-state index in [4.69, 9.17) is 4.74 Å². The van der Waals surface area contributed by atoms with E-state index in [9.17, 15) is 18.0 Å². The van der Waals surface area contributed by atoms with Crippen LogP contribution in [0.3, 0.4) is 0 Å². The molecule has 0 bridgehead atoms. The summed E-state index contributed by atoms with van der Waals surface area (Å²) >= 11 is 0. The van der Waals surface area contributed by atoms with Gasteiger partial charge in [-0.05, 0) is 46.8 Å². The largest absolute Gasteiger partial charge is 0.483 e. The smallest absolute Gasteiger partial charge is 0.419 e. The SMILES string of the molecule is O=C(COc1ccccc1C(F)(F)F)Nc1ccc(-n2cnnn2)cc1. The number of anilines is 1. The molecule has 1 aromatic heterocycles. The van der Waals surface area contributed by atoms with Gasteiger partial charge in [-0.15, -0.1) is 5.10 Å². The summed E-state index contributed by atoms with van der Waals surface area (Å²) in [6.07, 6.45) is -3.14. The van der Waals surface area contributed by atoms with Crippen LogP contribution in [0.2, 0.25) is 0 Å². The second-order valence-electron chi connectivity index (χ2n) is 5.13. The van der Waals surface area contributed by atoms with E-state index in [1.165, 1.54) is 23.1 Å². The highest BCUT2D eigenvalue weighted by atomic mass is 19.4. The second-order valence-corrected chi connectivity index (χ2v) is 5.13. The first-order chi connectivity index (χ1) is 12.4. The monoisotopic (exact) mass is 363 g/mol. The molecule has 0 saturated carbocycles. The van der Waals surface area contributed by atoms with Crippen molar-refractivity contribution in [3.63, 3.8) is 0 Å². The summed E-state index contributed by atoms with van der Waals surface area (Å²) in [5.74, 6) is -0.985. The Balaban J connectivity index is 1.60. The number of carbonyl (C=O) groups is 1. The van der Waals surface area contributed by atoms with Crippen LogP contribution in [0.1, 0.15) is 5.56 Å². The number of rotatable bonds is 5. The first kappa shape index (κ1) is 17.4. The molecule has 0 atom stereocenters. The third kappa shape index (κ3) is 4.15. The number of halogens is 3. The van der Waals surface area contributed by atoms with E-state index in [0.717, 1.165) is 12.1 Å². The zero-order valence-corrected chi connectivity index (χ0v) is 13.1. The maximum atomic E-state index is 12.9. The van der Waals surface area contributed by atoms with Crippen LogP contribution in [0, 0.1) is 0 Å².